The molecule has 0 aromatic heterocycles. The zero-order valence-corrected chi connectivity index (χ0v) is 15.3. The van der Waals surface area contributed by atoms with E-state index in [4.69, 9.17) is 4.74 Å². The Kier molecular flexibility index (Phi) is 3.66. The second-order valence-corrected chi connectivity index (χ2v) is 9.01. The number of carbonyl (C=O) groups excluding carboxylic acids is 1. The third-order valence-electron chi connectivity index (χ3n) is 6.04. The minimum absolute atomic E-state index is 0.255. The Labute approximate surface area is 148 Å². The van der Waals surface area contributed by atoms with Gasteiger partial charge in [-0.15, -0.1) is 0 Å². The normalized spacial score (nSPS) is 34.4. The molecule has 1 aliphatic carbocycles. The summed E-state index contributed by atoms with van der Waals surface area (Å²) in [5, 5.41) is 0. The van der Waals surface area contributed by atoms with Crippen LogP contribution in [0.3, 0.4) is 0 Å². The summed E-state index contributed by atoms with van der Waals surface area (Å²) in [6.45, 7) is 8.67. The van der Waals surface area contributed by atoms with Gasteiger partial charge in [-0.1, -0.05) is 30.3 Å². The van der Waals surface area contributed by atoms with Crippen molar-refractivity contribution in [3.05, 3.63) is 35.9 Å². The SMILES string of the molecule is CC(C)(C)OC(=O)N1CC2CC3(F)CN(Cc4ccccc4)CC23C1. The fourth-order valence-corrected chi connectivity index (χ4v) is 4.98. The standard InChI is InChI=1S/C20H27FN2O2/c1-18(2,3)25-17(24)23-11-16-9-20(21)14-22(12-19(16,20)13-23)10-15-7-5-4-6-8-15/h4-8,16H,9-14H2,1-3H3. The third kappa shape index (κ3) is 2.73. The maximum atomic E-state index is 15.5. The lowest BCUT2D eigenvalue weighted by Crippen LogP contribution is -2.60. The van der Waals surface area contributed by atoms with Crippen LogP contribution in [0.2, 0.25) is 0 Å². The minimum atomic E-state index is -1.16. The van der Waals surface area contributed by atoms with E-state index in [1.807, 2.05) is 39.0 Å². The number of hydrogen-bond acceptors (Lipinski definition) is 3. The van der Waals surface area contributed by atoms with Crippen LogP contribution in [0.15, 0.2) is 30.3 Å². The van der Waals surface area contributed by atoms with Crippen LogP contribution in [0.25, 0.3) is 0 Å². The molecule has 3 fully saturated rings. The number of amides is 1. The van der Waals surface area contributed by atoms with Gasteiger partial charge >= 0.3 is 6.09 Å². The Morgan fingerprint density at radius 1 is 1.24 bits per heavy atom. The van der Waals surface area contributed by atoms with E-state index >= 15 is 4.39 Å². The van der Waals surface area contributed by atoms with E-state index < -0.39 is 16.7 Å². The molecule has 1 amide bonds. The molecule has 2 aliphatic heterocycles. The lowest BCUT2D eigenvalue weighted by molar-refractivity contribution is -0.0924. The van der Waals surface area contributed by atoms with Crippen LogP contribution < -0.4 is 0 Å². The summed E-state index contributed by atoms with van der Waals surface area (Å²) >= 11 is 0. The monoisotopic (exact) mass is 346 g/mol. The smallest absolute Gasteiger partial charge is 0.410 e. The first-order chi connectivity index (χ1) is 11.7. The number of alkyl halides is 1. The number of hydrogen-bond donors (Lipinski definition) is 0. The van der Waals surface area contributed by atoms with Crippen molar-refractivity contribution < 1.29 is 13.9 Å². The van der Waals surface area contributed by atoms with Crippen molar-refractivity contribution in [2.24, 2.45) is 11.3 Å². The molecular weight excluding hydrogens is 319 g/mol. The molecule has 0 bridgehead atoms. The van der Waals surface area contributed by atoms with Crippen LogP contribution in [-0.4, -0.2) is 53.3 Å². The first kappa shape index (κ1) is 16.8. The highest BCUT2D eigenvalue weighted by Gasteiger charge is 2.74. The topological polar surface area (TPSA) is 32.8 Å². The van der Waals surface area contributed by atoms with Crippen molar-refractivity contribution >= 4 is 6.09 Å². The molecule has 3 atom stereocenters. The van der Waals surface area contributed by atoms with Gasteiger partial charge < -0.3 is 9.64 Å². The molecule has 3 unspecified atom stereocenters. The molecule has 4 rings (SSSR count). The van der Waals surface area contributed by atoms with E-state index in [0.717, 1.165) is 13.1 Å². The summed E-state index contributed by atoms with van der Waals surface area (Å²) in [4.78, 5) is 16.4. The fourth-order valence-electron chi connectivity index (χ4n) is 4.98. The average Bonchev–Trinajstić information content (AvgIpc) is 2.92. The number of halogens is 1. The van der Waals surface area contributed by atoms with Gasteiger partial charge in [0, 0.05) is 38.1 Å². The van der Waals surface area contributed by atoms with E-state index in [-0.39, 0.29) is 12.0 Å². The highest BCUT2D eigenvalue weighted by Crippen LogP contribution is 2.64. The van der Waals surface area contributed by atoms with Gasteiger partial charge in [0.1, 0.15) is 11.3 Å². The zero-order valence-electron chi connectivity index (χ0n) is 15.3. The Bertz CT molecular complexity index is 674. The van der Waals surface area contributed by atoms with Gasteiger partial charge in [0.2, 0.25) is 0 Å². The largest absolute Gasteiger partial charge is 0.444 e. The van der Waals surface area contributed by atoms with Crippen LogP contribution in [-0.2, 0) is 11.3 Å². The summed E-state index contributed by atoms with van der Waals surface area (Å²) in [6.07, 6.45) is 0.262. The molecule has 1 spiro atoms. The number of nitrogens with zero attached hydrogens (tertiary/aromatic N) is 2. The molecule has 1 saturated carbocycles. The number of ether oxygens (including phenoxy) is 1. The maximum absolute atomic E-state index is 15.5. The van der Waals surface area contributed by atoms with Crippen LogP contribution in [0.4, 0.5) is 9.18 Å². The van der Waals surface area contributed by atoms with Crippen LogP contribution >= 0.6 is 0 Å². The van der Waals surface area contributed by atoms with E-state index in [1.54, 1.807) is 4.90 Å². The lowest BCUT2D eigenvalue weighted by atomic mass is 9.54. The van der Waals surface area contributed by atoms with E-state index in [2.05, 4.69) is 17.0 Å². The summed E-state index contributed by atoms with van der Waals surface area (Å²) in [5.41, 5.74) is -0.873. The molecule has 2 heterocycles. The molecule has 3 aliphatic rings. The molecule has 2 saturated heterocycles. The highest BCUT2D eigenvalue weighted by molar-refractivity contribution is 5.69. The van der Waals surface area contributed by atoms with Crippen LogP contribution in [0.1, 0.15) is 32.8 Å². The molecule has 1 aromatic carbocycles. The van der Waals surface area contributed by atoms with Crippen molar-refractivity contribution in [2.75, 3.05) is 26.2 Å². The molecule has 4 nitrogen and oxygen atoms in total. The molecule has 5 heteroatoms. The van der Waals surface area contributed by atoms with Gasteiger partial charge in [0.25, 0.3) is 0 Å². The van der Waals surface area contributed by atoms with Crippen LogP contribution in [0, 0.1) is 11.3 Å². The first-order valence-corrected chi connectivity index (χ1v) is 9.14. The molecule has 25 heavy (non-hydrogen) atoms. The van der Waals surface area contributed by atoms with Gasteiger partial charge in [0.15, 0.2) is 0 Å². The van der Waals surface area contributed by atoms with Gasteiger partial charge in [-0.3, -0.25) is 4.90 Å². The highest BCUT2D eigenvalue weighted by atomic mass is 19.1. The minimum Gasteiger partial charge on any atom is -0.444 e. The molecular formula is C20H27FN2O2. The van der Waals surface area contributed by atoms with E-state index in [1.165, 1.54) is 5.56 Å². The van der Waals surface area contributed by atoms with Crippen molar-refractivity contribution in [2.45, 2.75) is 45.0 Å². The molecule has 136 valence electrons. The van der Waals surface area contributed by atoms with Crippen molar-refractivity contribution in [1.29, 1.82) is 0 Å². The summed E-state index contributed by atoms with van der Waals surface area (Å²) in [5.74, 6) is 0.255. The van der Waals surface area contributed by atoms with Crippen molar-refractivity contribution in [1.82, 2.24) is 9.80 Å². The molecule has 1 aromatic rings. The quantitative estimate of drug-likeness (QED) is 0.822. The fraction of sp³-hybridized carbons (Fsp3) is 0.650. The number of likely N-dealkylation sites (tertiary alicyclic amines) is 2. The molecule has 0 radical (unpaired) electrons. The Hall–Kier alpha value is -1.62. The Balaban J connectivity index is 1.46. The first-order valence-electron chi connectivity index (χ1n) is 9.14. The third-order valence-corrected chi connectivity index (χ3v) is 6.04. The second kappa shape index (κ2) is 5.44. The van der Waals surface area contributed by atoms with Crippen LogP contribution in [0.5, 0.6) is 0 Å². The van der Waals surface area contributed by atoms with Gasteiger partial charge in [0.05, 0.1) is 0 Å². The summed E-state index contributed by atoms with van der Waals surface area (Å²) in [6, 6.07) is 10.2. The molecule has 0 N–H and O–H groups in total. The predicted octanol–water partition coefficient (Wildman–Crippen LogP) is 3.47. The van der Waals surface area contributed by atoms with E-state index in [9.17, 15) is 4.79 Å². The number of carbonyl (C=O) groups is 1. The average molecular weight is 346 g/mol. The maximum Gasteiger partial charge on any atom is 0.410 e. The van der Waals surface area contributed by atoms with Gasteiger partial charge in [-0.25, -0.2) is 9.18 Å². The summed E-state index contributed by atoms with van der Waals surface area (Å²) in [7, 11) is 0. The lowest BCUT2D eigenvalue weighted by Gasteiger charge is -2.51. The zero-order chi connectivity index (χ0) is 17.9. The Morgan fingerprint density at radius 2 is 1.96 bits per heavy atom. The van der Waals surface area contributed by atoms with Crippen molar-refractivity contribution in [3.63, 3.8) is 0 Å². The predicted molar refractivity (Wildman–Crippen MR) is 93.9 cm³/mol. The van der Waals surface area contributed by atoms with Gasteiger partial charge in [-0.2, -0.15) is 0 Å². The van der Waals surface area contributed by atoms with Gasteiger partial charge in [-0.05, 0) is 38.7 Å². The van der Waals surface area contributed by atoms with E-state index in [0.29, 0.717) is 26.1 Å². The second-order valence-electron chi connectivity index (χ2n) is 9.01. The van der Waals surface area contributed by atoms with Crippen molar-refractivity contribution in [3.8, 4) is 0 Å². The summed E-state index contributed by atoms with van der Waals surface area (Å²) < 4.78 is 21.0. The number of rotatable bonds is 2. The Morgan fingerprint density at radius 3 is 2.64 bits per heavy atom. The number of benzene rings is 1.